The monoisotopic (exact) mass is 1320 g/mol. The molecule has 0 saturated carbocycles. The topological polar surface area (TPSA) is 237 Å². The first-order valence-corrected chi connectivity index (χ1v) is 39.9. The van der Waals surface area contributed by atoms with Crippen LogP contribution in [0.4, 0.5) is 0 Å². The van der Waals surface area contributed by atoms with Gasteiger partial charge in [0.1, 0.15) is 19.3 Å². The fourth-order valence-electron chi connectivity index (χ4n) is 10.7. The molecule has 0 aromatic heterocycles. The van der Waals surface area contributed by atoms with Crippen LogP contribution >= 0.6 is 15.6 Å². The second-order valence-electron chi connectivity index (χ2n) is 26.6. The van der Waals surface area contributed by atoms with Gasteiger partial charge in [0.2, 0.25) is 0 Å². The number of phosphoric acid groups is 2. The number of esters is 4. The minimum absolute atomic E-state index is 0.104. The van der Waals surface area contributed by atoms with Crippen molar-refractivity contribution in [3.05, 3.63) is 0 Å². The van der Waals surface area contributed by atoms with Gasteiger partial charge >= 0.3 is 39.5 Å². The zero-order valence-corrected chi connectivity index (χ0v) is 60.4. The average Bonchev–Trinajstić information content (AvgIpc) is 3.73. The molecule has 4 unspecified atom stereocenters. The average molecular weight is 1330 g/mol. The van der Waals surface area contributed by atoms with Gasteiger partial charge in [0.05, 0.1) is 26.4 Å². The Labute approximate surface area is 549 Å². The number of carbonyl (C=O) groups is 4. The summed E-state index contributed by atoms with van der Waals surface area (Å²) in [5, 5.41) is 10.6. The first-order chi connectivity index (χ1) is 43.3. The molecule has 0 aliphatic rings. The van der Waals surface area contributed by atoms with Crippen molar-refractivity contribution in [3.63, 3.8) is 0 Å². The predicted molar refractivity (Wildman–Crippen MR) is 363 cm³/mol. The van der Waals surface area contributed by atoms with Crippen LogP contribution < -0.4 is 0 Å². The molecule has 7 atom stereocenters. The number of aliphatic hydroxyl groups is 1. The lowest BCUT2D eigenvalue weighted by Crippen LogP contribution is -2.30. The lowest BCUT2D eigenvalue weighted by Gasteiger charge is -2.21. The lowest BCUT2D eigenvalue weighted by molar-refractivity contribution is -0.161. The molecular formula is C71H138O17P2. The molecule has 0 radical (unpaired) electrons. The molecule has 3 N–H and O–H groups in total. The van der Waals surface area contributed by atoms with Gasteiger partial charge in [-0.25, -0.2) is 9.13 Å². The molecule has 0 aliphatic heterocycles. The van der Waals surface area contributed by atoms with Crippen LogP contribution in [-0.4, -0.2) is 96.7 Å². The van der Waals surface area contributed by atoms with Gasteiger partial charge in [-0.15, -0.1) is 0 Å². The number of phosphoric ester groups is 2. The number of ether oxygens (including phenoxy) is 4. The van der Waals surface area contributed by atoms with Crippen molar-refractivity contribution in [2.75, 3.05) is 39.6 Å². The molecule has 17 nitrogen and oxygen atoms in total. The highest BCUT2D eigenvalue weighted by atomic mass is 31.2. The number of rotatable bonds is 69. The van der Waals surface area contributed by atoms with Gasteiger partial charge in [-0.1, -0.05) is 305 Å². The molecule has 0 amide bonds. The van der Waals surface area contributed by atoms with Crippen LogP contribution in [0, 0.1) is 17.8 Å². The van der Waals surface area contributed by atoms with Crippen LogP contribution in [-0.2, 0) is 65.4 Å². The highest BCUT2D eigenvalue weighted by molar-refractivity contribution is 7.47. The lowest BCUT2D eigenvalue weighted by atomic mass is 9.99. The SMILES string of the molecule is CCCCCCCC(=O)OC[C@H](COP(=O)(O)OC[C@H](O)COP(=O)(O)OC[C@@H](COC(=O)CCCCCCCCCCCCC(C)CC)OC(=O)CCCCCCCCCCCCCCCCCCC(C)C)OC(=O)CCCCCCCCCCC(C)CC. The molecule has 0 saturated heterocycles. The molecule has 0 aromatic rings. The molecule has 0 fully saturated rings. The molecule has 0 aromatic carbocycles. The Kier molecular flexibility index (Phi) is 60.6. The Hall–Kier alpha value is -1.94. The quantitative estimate of drug-likeness (QED) is 0.0222. The third-order valence-corrected chi connectivity index (χ3v) is 19.0. The van der Waals surface area contributed by atoms with Crippen molar-refractivity contribution < 1.29 is 80.2 Å². The maximum absolute atomic E-state index is 13.0. The van der Waals surface area contributed by atoms with E-state index in [2.05, 4.69) is 48.5 Å². The van der Waals surface area contributed by atoms with Crippen LogP contribution in [0.5, 0.6) is 0 Å². The van der Waals surface area contributed by atoms with Crippen molar-refractivity contribution in [1.82, 2.24) is 0 Å². The number of unbranched alkanes of at least 4 members (excludes halogenated alkanes) is 35. The largest absolute Gasteiger partial charge is 0.472 e. The summed E-state index contributed by atoms with van der Waals surface area (Å²) in [4.78, 5) is 72.3. The Morgan fingerprint density at radius 2 is 0.567 bits per heavy atom. The fourth-order valence-corrected chi connectivity index (χ4v) is 12.2. The first-order valence-electron chi connectivity index (χ1n) is 36.9. The van der Waals surface area contributed by atoms with Crippen molar-refractivity contribution in [2.45, 2.75) is 375 Å². The molecule has 0 rings (SSSR count). The summed E-state index contributed by atoms with van der Waals surface area (Å²) in [5.41, 5.74) is 0. The molecule has 90 heavy (non-hydrogen) atoms. The molecule has 0 spiro atoms. The van der Waals surface area contributed by atoms with E-state index in [1.165, 1.54) is 161 Å². The summed E-state index contributed by atoms with van der Waals surface area (Å²) < 4.78 is 68.1. The molecule has 0 aliphatic carbocycles. The Morgan fingerprint density at radius 3 is 0.844 bits per heavy atom. The van der Waals surface area contributed by atoms with Gasteiger partial charge in [-0.3, -0.25) is 37.3 Å². The number of hydrogen-bond acceptors (Lipinski definition) is 15. The van der Waals surface area contributed by atoms with E-state index in [4.69, 9.17) is 37.0 Å². The van der Waals surface area contributed by atoms with E-state index in [-0.39, 0.29) is 25.7 Å². The summed E-state index contributed by atoms with van der Waals surface area (Å²) in [5.74, 6) is 0.252. The standard InChI is InChI=1S/C71H138O17P2/c1-8-11-12-35-45-52-68(73)81-58-66(87-71(76)55-48-41-34-28-27-31-38-44-51-64(7)10-3)60-85-89(77,78)83-56-65(72)57-84-90(79,80)86-61-67(59-82-69(74)53-46-39-32-25-22-21-24-30-37-43-50-63(6)9-2)88-70(75)54-47-40-33-26-20-18-16-14-13-15-17-19-23-29-36-42-49-62(4)5/h62-67,72H,8-61H2,1-7H3,(H,77,78)(H,79,80)/t63?,64?,65-,66+,67+/m0/s1. The van der Waals surface area contributed by atoms with Crippen molar-refractivity contribution in [1.29, 1.82) is 0 Å². The van der Waals surface area contributed by atoms with Gasteiger partial charge in [-0.05, 0) is 43.4 Å². The number of carbonyl (C=O) groups excluding carboxylic acids is 4. The van der Waals surface area contributed by atoms with E-state index in [1.54, 1.807) is 0 Å². The minimum atomic E-state index is -4.95. The zero-order chi connectivity index (χ0) is 66.6. The summed E-state index contributed by atoms with van der Waals surface area (Å²) in [7, 11) is -9.89. The summed E-state index contributed by atoms with van der Waals surface area (Å²) in [6.07, 6.45) is 46.1. The van der Waals surface area contributed by atoms with E-state index in [0.717, 1.165) is 114 Å². The third kappa shape index (κ3) is 62.2. The molecular weight excluding hydrogens is 1190 g/mol. The predicted octanol–water partition coefficient (Wildman–Crippen LogP) is 20.2. The fraction of sp³-hybridized carbons (Fsp3) is 0.944. The molecule has 0 bridgehead atoms. The maximum atomic E-state index is 13.0. The van der Waals surface area contributed by atoms with Crippen molar-refractivity contribution in [3.8, 4) is 0 Å². The van der Waals surface area contributed by atoms with Crippen molar-refractivity contribution in [2.24, 2.45) is 17.8 Å². The Morgan fingerprint density at radius 1 is 0.322 bits per heavy atom. The Bertz CT molecular complexity index is 1770. The smallest absolute Gasteiger partial charge is 0.462 e. The van der Waals surface area contributed by atoms with E-state index in [1.807, 2.05) is 0 Å². The van der Waals surface area contributed by atoms with Crippen LogP contribution in [0.3, 0.4) is 0 Å². The highest BCUT2D eigenvalue weighted by Crippen LogP contribution is 2.45. The number of hydrogen-bond donors (Lipinski definition) is 3. The summed E-state index contributed by atoms with van der Waals surface area (Å²) in [6.45, 7) is 11.8. The van der Waals surface area contributed by atoms with Crippen LogP contribution in [0.15, 0.2) is 0 Å². The normalized spacial score (nSPS) is 14.8. The van der Waals surface area contributed by atoms with Gasteiger partial charge in [0.25, 0.3) is 0 Å². The highest BCUT2D eigenvalue weighted by Gasteiger charge is 2.30. The van der Waals surface area contributed by atoms with Crippen LogP contribution in [0.25, 0.3) is 0 Å². The summed E-state index contributed by atoms with van der Waals surface area (Å²) in [6, 6.07) is 0. The molecule has 19 heteroatoms. The second-order valence-corrected chi connectivity index (χ2v) is 29.5. The molecule has 534 valence electrons. The minimum Gasteiger partial charge on any atom is -0.462 e. The number of aliphatic hydroxyl groups excluding tert-OH is 1. The van der Waals surface area contributed by atoms with E-state index in [9.17, 15) is 43.2 Å². The van der Waals surface area contributed by atoms with E-state index in [0.29, 0.717) is 25.7 Å². The van der Waals surface area contributed by atoms with Gasteiger partial charge in [-0.2, -0.15) is 0 Å². The second kappa shape index (κ2) is 61.9. The van der Waals surface area contributed by atoms with Gasteiger partial charge < -0.3 is 33.8 Å². The van der Waals surface area contributed by atoms with Gasteiger partial charge in [0.15, 0.2) is 12.2 Å². The van der Waals surface area contributed by atoms with Crippen LogP contribution in [0.2, 0.25) is 0 Å². The van der Waals surface area contributed by atoms with E-state index >= 15 is 0 Å². The zero-order valence-electron chi connectivity index (χ0n) is 58.6. The molecule has 0 heterocycles. The first kappa shape index (κ1) is 88.1. The van der Waals surface area contributed by atoms with Crippen LogP contribution in [0.1, 0.15) is 357 Å². The van der Waals surface area contributed by atoms with E-state index < -0.39 is 97.5 Å². The Balaban J connectivity index is 5.16. The van der Waals surface area contributed by atoms with Crippen molar-refractivity contribution >= 4 is 39.5 Å². The third-order valence-electron chi connectivity index (χ3n) is 17.1. The summed E-state index contributed by atoms with van der Waals surface area (Å²) >= 11 is 0. The maximum Gasteiger partial charge on any atom is 0.472 e. The van der Waals surface area contributed by atoms with Gasteiger partial charge in [0, 0.05) is 25.7 Å².